The molecular weight excluding hydrogens is 394 g/mol. The lowest BCUT2D eigenvalue weighted by atomic mass is 10.0. The molecule has 7 heteroatoms. The number of nitrogens with one attached hydrogen (secondary N) is 1. The van der Waals surface area contributed by atoms with Gasteiger partial charge in [-0.25, -0.2) is 0 Å². The van der Waals surface area contributed by atoms with Gasteiger partial charge in [0.15, 0.2) is 5.75 Å². The van der Waals surface area contributed by atoms with Crippen LogP contribution in [-0.2, 0) is 6.54 Å². The zero-order valence-corrected chi connectivity index (χ0v) is 17.2. The van der Waals surface area contributed by atoms with E-state index in [-0.39, 0.29) is 23.0 Å². The molecule has 1 aliphatic heterocycles. The maximum atomic E-state index is 12.7. The molecule has 0 aliphatic carbocycles. The summed E-state index contributed by atoms with van der Waals surface area (Å²) in [5.74, 6) is -0.201. The number of benzene rings is 2. The minimum atomic E-state index is -0.323. The Morgan fingerprint density at radius 2 is 1.71 bits per heavy atom. The Morgan fingerprint density at radius 3 is 2.42 bits per heavy atom. The monoisotopic (exact) mass is 417 g/mol. The quantitative estimate of drug-likeness (QED) is 0.668. The molecule has 4 rings (SSSR count). The smallest absolute Gasteiger partial charge is 0.270 e. The number of methoxy groups -OCH3 is 1. The molecule has 0 radical (unpaired) electrons. The lowest BCUT2D eigenvalue weighted by molar-refractivity contribution is 0.0696. The maximum absolute atomic E-state index is 12.7. The van der Waals surface area contributed by atoms with Crippen LogP contribution in [0.25, 0.3) is 11.1 Å². The number of hydrogen-bond acceptors (Lipinski definition) is 4. The predicted octanol–water partition coefficient (Wildman–Crippen LogP) is 2.41. The van der Waals surface area contributed by atoms with E-state index in [0.717, 1.165) is 11.1 Å². The molecule has 1 aliphatic rings. The third kappa shape index (κ3) is 4.35. The van der Waals surface area contributed by atoms with Crippen LogP contribution in [0.15, 0.2) is 71.7 Å². The number of fused-ring (bicyclic) bond motifs is 1. The number of amides is 2. The van der Waals surface area contributed by atoms with Crippen molar-refractivity contribution in [3.05, 3.63) is 88.3 Å². The molecule has 3 aromatic rings. The fourth-order valence-corrected chi connectivity index (χ4v) is 3.63. The van der Waals surface area contributed by atoms with Crippen molar-refractivity contribution in [1.29, 1.82) is 0 Å². The van der Waals surface area contributed by atoms with E-state index in [0.29, 0.717) is 37.4 Å². The van der Waals surface area contributed by atoms with Crippen molar-refractivity contribution in [2.24, 2.45) is 0 Å². The van der Waals surface area contributed by atoms with Gasteiger partial charge in [-0.15, -0.1) is 0 Å². The number of carbonyl (C=O) groups excluding carboxylic acids is 2. The van der Waals surface area contributed by atoms with E-state index in [1.807, 2.05) is 42.5 Å². The van der Waals surface area contributed by atoms with Gasteiger partial charge in [0.1, 0.15) is 5.69 Å². The SMILES string of the molecule is COc1cn2c(cc1=O)C(=O)N(CCNC(=O)c1ccc(-c3ccccc3)cc1)CC2. The van der Waals surface area contributed by atoms with E-state index in [1.54, 1.807) is 27.8 Å². The standard InChI is InChI=1S/C24H23N3O4/c1-31-22-16-27-14-13-26(24(30)20(27)15-21(22)28)12-11-25-23(29)19-9-7-18(8-10-19)17-5-3-2-4-6-17/h2-10,15-16H,11-14H2,1H3,(H,25,29). The van der Waals surface area contributed by atoms with Crippen LogP contribution in [0.5, 0.6) is 5.75 Å². The van der Waals surface area contributed by atoms with Crippen molar-refractivity contribution in [3.63, 3.8) is 0 Å². The van der Waals surface area contributed by atoms with Gasteiger partial charge in [0.05, 0.1) is 13.3 Å². The number of ether oxygens (including phenoxy) is 1. The zero-order valence-electron chi connectivity index (χ0n) is 17.2. The first kappa shape index (κ1) is 20.4. The Hall–Kier alpha value is -3.87. The zero-order chi connectivity index (χ0) is 21.8. The first-order valence-electron chi connectivity index (χ1n) is 10.1. The number of hydrogen-bond donors (Lipinski definition) is 1. The summed E-state index contributed by atoms with van der Waals surface area (Å²) in [6.07, 6.45) is 1.56. The van der Waals surface area contributed by atoms with Gasteiger partial charge in [0, 0.05) is 37.8 Å². The third-order valence-corrected chi connectivity index (χ3v) is 5.35. The van der Waals surface area contributed by atoms with Crippen molar-refractivity contribution in [3.8, 4) is 16.9 Å². The molecule has 0 saturated heterocycles. The second-order valence-electron chi connectivity index (χ2n) is 7.28. The fraction of sp³-hybridized carbons (Fsp3) is 0.208. The molecule has 31 heavy (non-hydrogen) atoms. The van der Waals surface area contributed by atoms with Gasteiger partial charge in [-0.05, 0) is 23.3 Å². The topological polar surface area (TPSA) is 80.6 Å². The number of nitrogens with zero attached hydrogens (tertiary/aromatic N) is 2. The van der Waals surface area contributed by atoms with Gasteiger partial charge in [0.25, 0.3) is 11.8 Å². The van der Waals surface area contributed by atoms with Crippen molar-refractivity contribution in [2.45, 2.75) is 6.54 Å². The van der Waals surface area contributed by atoms with Crippen LogP contribution >= 0.6 is 0 Å². The van der Waals surface area contributed by atoms with Gasteiger partial charge in [-0.2, -0.15) is 0 Å². The maximum Gasteiger partial charge on any atom is 0.270 e. The third-order valence-electron chi connectivity index (χ3n) is 5.35. The summed E-state index contributed by atoms with van der Waals surface area (Å²) in [6, 6.07) is 18.7. The number of rotatable bonds is 6. The van der Waals surface area contributed by atoms with Gasteiger partial charge in [0.2, 0.25) is 5.43 Å². The first-order valence-corrected chi connectivity index (χ1v) is 10.1. The molecule has 158 valence electrons. The fourth-order valence-electron chi connectivity index (χ4n) is 3.63. The number of aromatic nitrogens is 1. The molecule has 0 spiro atoms. The first-order chi connectivity index (χ1) is 15.1. The van der Waals surface area contributed by atoms with Crippen LogP contribution in [0.2, 0.25) is 0 Å². The Labute approximate surface area is 179 Å². The largest absolute Gasteiger partial charge is 0.491 e. The van der Waals surface area contributed by atoms with Crippen LogP contribution in [0.4, 0.5) is 0 Å². The molecular formula is C24H23N3O4. The summed E-state index contributed by atoms with van der Waals surface area (Å²) in [6.45, 7) is 1.75. The summed E-state index contributed by atoms with van der Waals surface area (Å²) in [5.41, 5.74) is 2.71. The highest BCUT2D eigenvalue weighted by Crippen LogP contribution is 2.19. The Balaban J connectivity index is 1.34. The lowest BCUT2D eigenvalue weighted by Gasteiger charge is -2.30. The van der Waals surface area contributed by atoms with Gasteiger partial charge >= 0.3 is 0 Å². The highest BCUT2D eigenvalue weighted by atomic mass is 16.5. The van der Waals surface area contributed by atoms with Gasteiger partial charge in [-0.1, -0.05) is 42.5 Å². The average molecular weight is 417 g/mol. The molecule has 1 aromatic heterocycles. The van der Waals surface area contributed by atoms with Crippen LogP contribution in [-0.4, -0.2) is 48.0 Å². The summed E-state index contributed by atoms with van der Waals surface area (Å²) in [7, 11) is 1.43. The van der Waals surface area contributed by atoms with Crippen LogP contribution < -0.4 is 15.5 Å². The summed E-state index contributed by atoms with van der Waals surface area (Å²) < 4.78 is 6.76. The Bertz CT molecular complexity index is 1150. The van der Waals surface area contributed by atoms with Crippen LogP contribution in [0.3, 0.4) is 0 Å². The molecule has 0 unspecified atom stereocenters. The highest BCUT2D eigenvalue weighted by Gasteiger charge is 2.25. The van der Waals surface area contributed by atoms with Crippen LogP contribution in [0.1, 0.15) is 20.8 Å². The molecule has 0 bridgehead atoms. The molecule has 0 saturated carbocycles. The molecule has 0 fully saturated rings. The minimum Gasteiger partial charge on any atom is -0.491 e. The highest BCUT2D eigenvalue weighted by molar-refractivity contribution is 5.95. The van der Waals surface area contributed by atoms with Gasteiger partial charge < -0.3 is 19.5 Å². The molecule has 2 amide bonds. The van der Waals surface area contributed by atoms with Gasteiger partial charge in [-0.3, -0.25) is 14.4 Å². The van der Waals surface area contributed by atoms with E-state index in [9.17, 15) is 14.4 Å². The molecule has 1 N–H and O–H groups in total. The second kappa shape index (κ2) is 8.87. The molecule has 7 nitrogen and oxygen atoms in total. The van der Waals surface area contributed by atoms with Crippen LogP contribution in [0, 0.1) is 0 Å². The van der Waals surface area contributed by atoms with Crippen molar-refractivity contribution in [1.82, 2.24) is 14.8 Å². The summed E-state index contributed by atoms with van der Waals surface area (Å²) in [4.78, 5) is 38.8. The van der Waals surface area contributed by atoms with Crippen molar-refractivity contribution in [2.75, 3.05) is 26.7 Å². The van der Waals surface area contributed by atoms with Crippen molar-refractivity contribution < 1.29 is 14.3 Å². The van der Waals surface area contributed by atoms with E-state index in [2.05, 4.69) is 5.32 Å². The Morgan fingerprint density at radius 1 is 1.00 bits per heavy atom. The number of carbonyl (C=O) groups is 2. The molecule has 0 atom stereocenters. The minimum absolute atomic E-state index is 0.189. The number of pyridine rings is 1. The van der Waals surface area contributed by atoms with Crippen molar-refractivity contribution >= 4 is 11.8 Å². The summed E-state index contributed by atoms with van der Waals surface area (Å²) in [5, 5.41) is 2.86. The average Bonchev–Trinajstić information content (AvgIpc) is 2.81. The normalized spacial score (nSPS) is 12.9. The summed E-state index contributed by atoms with van der Waals surface area (Å²) >= 11 is 0. The molecule has 2 heterocycles. The van der Waals surface area contributed by atoms with E-state index in [4.69, 9.17) is 4.74 Å². The predicted molar refractivity (Wildman–Crippen MR) is 117 cm³/mol. The van der Waals surface area contributed by atoms with E-state index < -0.39 is 0 Å². The molecule has 2 aromatic carbocycles. The second-order valence-corrected chi connectivity index (χ2v) is 7.28. The van der Waals surface area contributed by atoms with E-state index in [1.165, 1.54) is 13.2 Å². The lowest BCUT2D eigenvalue weighted by Crippen LogP contribution is -2.45. The Kier molecular flexibility index (Phi) is 5.84. The van der Waals surface area contributed by atoms with E-state index >= 15 is 0 Å².